The average Bonchev–Trinajstić information content (AvgIpc) is 2.44. The number of benzene rings is 1. The lowest BCUT2D eigenvalue weighted by molar-refractivity contribution is 0.301. The molecule has 0 fully saturated rings. The predicted octanol–water partition coefficient (Wildman–Crippen LogP) is 3.56. The summed E-state index contributed by atoms with van der Waals surface area (Å²) in [5, 5.41) is 3.87. The van der Waals surface area contributed by atoms with Crippen molar-refractivity contribution in [1.29, 1.82) is 0 Å². The zero-order valence-electron chi connectivity index (χ0n) is 11.2. The van der Waals surface area contributed by atoms with Gasteiger partial charge in [0.2, 0.25) is 0 Å². The minimum atomic E-state index is -0.370. The number of pyridine rings is 1. The van der Waals surface area contributed by atoms with Gasteiger partial charge in [0.15, 0.2) is 0 Å². The van der Waals surface area contributed by atoms with Gasteiger partial charge in [0.25, 0.3) is 0 Å². The van der Waals surface area contributed by atoms with Gasteiger partial charge >= 0.3 is 0 Å². The topological polar surface area (TPSA) is 34.1 Å². The van der Waals surface area contributed by atoms with Gasteiger partial charge in [-0.1, -0.05) is 24.6 Å². The summed E-state index contributed by atoms with van der Waals surface area (Å²) in [5.41, 5.74) is 1.58. The Morgan fingerprint density at radius 2 is 2.20 bits per heavy atom. The van der Waals surface area contributed by atoms with Crippen molar-refractivity contribution in [2.24, 2.45) is 0 Å². The van der Waals surface area contributed by atoms with Gasteiger partial charge in [0.05, 0.1) is 6.20 Å². The molecule has 0 bridgehead atoms. The monoisotopic (exact) mass is 294 g/mol. The fourth-order valence-electron chi connectivity index (χ4n) is 1.79. The van der Waals surface area contributed by atoms with E-state index in [1.165, 1.54) is 12.3 Å². The van der Waals surface area contributed by atoms with Crippen molar-refractivity contribution < 1.29 is 9.13 Å². The molecular weight excluding hydrogens is 279 g/mol. The largest absolute Gasteiger partial charge is 0.488 e. The molecule has 5 heteroatoms. The average molecular weight is 295 g/mol. The van der Waals surface area contributed by atoms with Crippen LogP contribution in [0.1, 0.15) is 18.1 Å². The van der Waals surface area contributed by atoms with E-state index in [0.29, 0.717) is 22.9 Å². The van der Waals surface area contributed by atoms with Gasteiger partial charge in [0.1, 0.15) is 18.2 Å². The molecule has 3 nitrogen and oxygen atoms in total. The van der Waals surface area contributed by atoms with Crippen LogP contribution in [-0.4, -0.2) is 11.5 Å². The van der Waals surface area contributed by atoms with Gasteiger partial charge in [-0.3, -0.25) is 4.98 Å². The Bertz CT molecular complexity index is 578. The van der Waals surface area contributed by atoms with E-state index in [1.807, 2.05) is 25.1 Å². The first-order valence-corrected chi connectivity index (χ1v) is 6.79. The first-order chi connectivity index (χ1) is 9.70. The first kappa shape index (κ1) is 14.8. The Kier molecular flexibility index (Phi) is 5.32. The number of rotatable bonds is 6. The molecule has 20 heavy (non-hydrogen) atoms. The van der Waals surface area contributed by atoms with Crippen LogP contribution in [0.5, 0.6) is 5.75 Å². The third-order valence-corrected chi connectivity index (χ3v) is 3.14. The molecule has 1 N–H and O–H groups in total. The van der Waals surface area contributed by atoms with Crippen LogP contribution in [0.25, 0.3) is 0 Å². The van der Waals surface area contributed by atoms with Crippen LogP contribution in [-0.2, 0) is 13.2 Å². The fraction of sp³-hybridized carbons (Fsp3) is 0.267. The van der Waals surface area contributed by atoms with Gasteiger partial charge < -0.3 is 10.1 Å². The SMILES string of the molecule is CCNCc1c(Cl)cccc1OCc1cncc(F)c1. The van der Waals surface area contributed by atoms with Crippen molar-refractivity contribution in [2.75, 3.05) is 6.54 Å². The Hall–Kier alpha value is -1.65. The van der Waals surface area contributed by atoms with Crippen LogP contribution in [0.2, 0.25) is 5.02 Å². The van der Waals surface area contributed by atoms with E-state index in [4.69, 9.17) is 16.3 Å². The first-order valence-electron chi connectivity index (χ1n) is 6.41. The zero-order valence-corrected chi connectivity index (χ0v) is 12.0. The van der Waals surface area contributed by atoms with Crippen molar-refractivity contribution in [2.45, 2.75) is 20.1 Å². The number of halogens is 2. The second-order valence-electron chi connectivity index (χ2n) is 4.30. The van der Waals surface area contributed by atoms with E-state index in [0.717, 1.165) is 12.1 Å². The van der Waals surface area contributed by atoms with Crippen molar-refractivity contribution in [3.63, 3.8) is 0 Å². The molecule has 0 saturated carbocycles. The number of ether oxygens (including phenoxy) is 1. The van der Waals surface area contributed by atoms with Gasteiger partial charge in [-0.15, -0.1) is 0 Å². The van der Waals surface area contributed by atoms with Crippen LogP contribution < -0.4 is 10.1 Å². The van der Waals surface area contributed by atoms with Gasteiger partial charge in [0, 0.05) is 28.9 Å². The highest BCUT2D eigenvalue weighted by Crippen LogP contribution is 2.27. The van der Waals surface area contributed by atoms with Crippen LogP contribution >= 0.6 is 11.6 Å². The predicted molar refractivity (Wildman–Crippen MR) is 77.4 cm³/mol. The summed E-state index contributed by atoms with van der Waals surface area (Å²) >= 11 is 6.18. The Morgan fingerprint density at radius 1 is 1.35 bits per heavy atom. The molecule has 0 saturated heterocycles. The number of hydrogen-bond donors (Lipinski definition) is 1. The molecule has 0 spiro atoms. The lowest BCUT2D eigenvalue weighted by Gasteiger charge is -2.13. The van der Waals surface area contributed by atoms with Crippen LogP contribution in [0, 0.1) is 5.82 Å². The van der Waals surface area contributed by atoms with E-state index in [1.54, 1.807) is 6.20 Å². The summed E-state index contributed by atoms with van der Waals surface area (Å²) in [6.07, 6.45) is 2.75. The van der Waals surface area contributed by atoms with Crippen molar-refractivity contribution in [3.8, 4) is 5.75 Å². The van der Waals surface area contributed by atoms with Gasteiger partial charge in [-0.2, -0.15) is 0 Å². The van der Waals surface area contributed by atoms with E-state index < -0.39 is 0 Å². The number of hydrogen-bond acceptors (Lipinski definition) is 3. The molecule has 0 aliphatic heterocycles. The minimum absolute atomic E-state index is 0.254. The smallest absolute Gasteiger partial charge is 0.141 e. The number of aromatic nitrogens is 1. The molecule has 1 aromatic heterocycles. The quantitative estimate of drug-likeness (QED) is 0.884. The fourth-order valence-corrected chi connectivity index (χ4v) is 2.02. The standard InChI is InChI=1S/C15H16ClFN2O/c1-2-18-9-13-14(16)4-3-5-15(13)20-10-11-6-12(17)8-19-7-11/h3-8,18H,2,9-10H2,1H3. The van der Waals surface area contributed by atoms with Crippen molar-refractivity contribution in [1.82, 2.24) is 10.3 Å². The normalized spacial score (nSPS) is 10.6. The van der Waals surface area contributed by atoms with Gasteiger partial charge in [-0.25, -0.2) is 4.39 Å². The molecule has 0 unspecified atom stereocenters. The van der Waals surface area contributed by atoms with Crippen LogP contribution in [0.15, 0.2) is 36.7 Å². The van der Waals surface area contributed by atoms with E-state index in [9.17, 15) is 4.39 Å². The second-order valence-corrected chi connectivity index (χ2v) is 4.70. The number of nitrogens with one attached hydrogen (secondary N) is 1. The van der Waals surface area contributed by atoms with Gasteiger partial charge in [-0.05, 0) is 24.7 Å². The molecular formula is C15H16ClFN2O. The van der Waals surface area contributed by atoms with E-state index in [-0.39, 0.29) is 12.4 Å². The number of nitrogens with zero attached hydrogens (tertiary/aromatic N) is 1. The Labute approximate surface area is 122 Å². The highest BCUT2D eigenvalue weighted by molar-refractivity contribution is 6.31. The highest BCUT2D eigenvalue weighted by Gasteiger charge is 2.08. The lowest BCUT2D eigenvalue weighted by atomic mass is 10.2. The van der Waals surface area contributed by atoms with Crippen LogP contribution in [0.4, 0.5) is 4.39 Å². The second kappa shape index (κ2) is 7.22. The van der Waals surface area contributed by atoms with Crippen molar-refractivity contribution >= 4 is 11.6 Å². The molecule has 1 heterocycles. The van der Waals surface area contributed by atoms with Crippen molar-refractivity contribution in [3.05, 3.63) is 58.6 Å². The summed E-state index contributed by atoms with van der Waals surface area (Å²) in [6, 6.07) is 6.91. The summed E-state index contributed by atoms with van der Waals surface area (Å²) < 4.78 is 18.8. The van der Waals surface area contributed by atoms with Crippen LogP contribution in [0.3, 0.4) is 0 Å². The molecule has 0 aliphatic rings. The maximum absolute atomic E-state index is 13.1. The maximum atomic E-state index is 13.1. The molecule has 0 amide bonds. The van der Waals surface area contributed by atoms with E-state index >= 15 is 0 Å². The third kappa shape index (κ3) is 3.92. The Morgan fingerprint density at radius 3 is 2.95 bits per heavy atom. The molecule has 2 aromatic rings. The minimum Gasteiger partial charge on any atom is -0.488 e. The molecule has 0 aliphatic carbocycles. The molecule has 2 rings (SSSR count). The molecule has 1 aromatic carbocycles. The summed E-state index contributed by atoms with van der Waals surface area (Å²) in [5.74, 6) is 0.327. The highest BCUT2D eigenvalue weighted by atomic mass is 35.5. The lowest BCUT2D eigenvalue weighted by Crippen LogP contribution is -2.13. The summed E-state index contributed by atoms with van der Waals surface area (Å²) in [6.45, 7) is 3.76. The molecule has 106 valence electrons. The molecule has 0 atom stereocenters. The summed E-state index contributed by atoms with van der Waals surface area (Å²) in [4.78, 5) is 3.79. The third-order valence-electron chi connectivity index (χ3n) is 2.78. The summed E-state index contributed by atoms with van der Waals surface area (Å²) in [7, 11) is 0. The zero-order chi connectivity index (χ0) is 14.4. The van der Waals surface area contributed by atoms with E-state index in [2.05, 4.69) is 10.3 Å². The Balaban J connectivity index is 2.10. The maximum Gasteiger partial charge on any atom is 0.141 e. The molecule has 0 radical (unpaired) electrons.